The highest BCUT2D eigenvalue weighted by atomic mass is 16.5. The van der Waals surface area contributed by atoms with Crippen LogP contribution in [0.3, 0.4) is 0 Å². The zero-order valence-electron chi connectivity index (χ0n) is 6.02. The molecule has 0 saturated heterocycles. The van der Waals surface area contributed by atoms with Crippen LogP contribution in [0.5, 0.6) is 0 Å². The van der Waals surface area contributed by atoms with E-state index in [1.807, 2.05) is 0 Å². The molecule has 0 fully saturated rings. The maximum atomic E-state index is 10.9. The van der Waals surface area contributed by atoms with Crippen molar-refractivity contribution in [3.63, 3.8) is 0 Å². The second kappa shape index (κ2) is 3.00. The summed E-state index contributed by atoms with van der Waals surface area (Å²) in [6.07, 6.45) is 1.25. The van der Waals surface area contributed by atoms with Crippen LogP contribution in [0.25, 0.3) is 0 Å². The summed E-state index contributed by atoms with van der Waals surface area (Å²) in [5, 5.41) is 6.78. The first-order chi connectivity index (χ1) is 5.25. The monoisotopic (exact) mass is 156 g/mol. The molecule has 0 unspecified atom stereocenters. The van der Waals surface area contributed by atoms with E-state index in [0.29, 0.717) is 6.61 Å². The van der Waals surface area contributed by atoms with Crippen LogP contribution in [-0.2, 0) is 4.74 Å². The number of carbonyl (C=O) groups is 1. The molecule has 1 heterocycles. The number of hydrogen-bond acceptors (Lipinski definition) is 5. The maximum Gasteiger partial charge on any atom is 0.360 e. The Hall–Kier alpha value is -1.59. The standard InChI is InChI=1S/C5H8N4O2/c1-2-11-5(10)4-3-7-8-9(4)6/h3H,2,6H2,1H3. The summed E-state index contributed by atoms with van der Waals surface area (Å²) < 4.78 is 4.65. The van der Waals surface area contributed by atoms with Crippen molar-refractivity contribution in [3.8, 4) is 0 Å². The number of nitrogen functional groups attached to an aromatic ring is 1. The van der Waals surface area contributed by atoms with Crippen LogP contribution in [0.1, 0.15) is 17.4 Å². The first kappa shape index (κ1) is 7.52. The third-order valence-corrected chi connectivity index (χ3v) is 1.06. The fraction of sp³-hybridized carbons (Fsp3) is 0.400. The lowest BCUT2D eigenvalue weighted by molar-refractivity contribution is 0.0515. The van der Waals surface area contributed by atoms with Crippen molar-refractivity contribution < 1.29 is 9.53 Å². The predicted octanol–water partition coefficient (Wildman–Crippen LogP) is -0.831. The quantitative estimate of drug-likeness (QED) is 0.446. The van der Waals surface area contributed by atoms with Crippen LogP contribution in [0, 0.1) is 0 Å². The summed E-state index contributed by atoms with van der Waals surface area (Å²) >= 11 is 0. The average Bonchev–Trinajstić information content (AvgIpc) is 2.36. The molecule has 0 aliphatic carbocycles. The fourth-order valence-electron chi connectivity index (χ4n) is 0.595. The van der Waals surface area contributed by atoms with Gasteiger partial charge in [-0.3, -0.25) is 0 Å². The summed E-state index contributed by atoms with van der Waals surface area (Å²) in [5.74, 6) is 4.70. The van der Waals surface area contributed by atoms with E-state index in [-0.39, 0.29) is 5.69 Å². The molecule has 11 heavy (non-hydrogen) atoms. The minimum Gasteiger partial charge on any atom is -0.461 e. The van der Waals surface area contributed by atoms with E-state index < -0.39 is 5.97 Å². The van der Waals surface area contributed by atoms with Gasteiger partial charge in [0, 0.05) is 0 Å². The highest BCUT2D eigenvalue weighted by Gasteiger charge is 2.11. The van der Waals surface area contributed by atoms with Gasteiger partial charge in [-0.15, -0.1) is 5.10 Å². The van der Waals surface area contributed by atoms with E-state index >= 15 is 0 Å². The summed E-state index contributed by atoms with van der Waals surface area (Å²) in [7, 11) is 0. The van der Waals surface area contributed by atoms with Crippen LogP contribution >= 0.6 is 0 Å². The van der Waals surface area contributed by atoms with Crippen molar-refractivity contribution in [2.24, 2.45) is 0 Å². The molecular formula is C5H8N4O2. The van der Waals surface area contributed by atoms with Crippen molar-refractivity contribution in [2.75, 3.05) is 12.4 Å². The Morgan fingerprint density at radius 1 is 1.91 bits per heavy atom. The van der Waals surface area contributed by atoms with Gasteiger partial charge in [0.15, 0.2) is 5.69 Å². The molecule has 6 heteroatoms. The Labute approximate surface area is 62.9 Å². The van der Waals surface area contributed by atoms with E-state index in [9.17, 15) is 4.79 Å². The molecule has 60 valence electrons. The molecule has 0 radical (unpaired) electrons. The van der Waals surface area contributed by atoms with Gasteiger partial charge < -0.3 is 10.6 Å². The van der Waals surface area contributed by atoms with Crippen molar-refractivity contribution in [1.29, 1.82) is 0 Å². The minimum atomic E-state index is -0.514. The van der Waals surface area contributed by atoms with Crippen LogP contribution in [-0.4, -0.2) is 27.7 Å². The number of carbonyl (C=O) groups excluding carboxylic acids is 1. The molecule has 0 bridgehead atoms. The Morgan fingerprint density at radius 2 is 2.64 bits per heavy atom. The molecule has 0 aliphatic rings. The van der Waals surface area contributed by atoms with Crippen molar-refractivity contribution in [2.45, 2.75) is 6.92 Å². The third kappa shape index (κ3) is 1.46. The largest absolute Gasteiger partial charge is 0.461 e. The zero-order chi connectivity index (χ0) is 8.27. The van der Waals surface area contributed by atoms with Crippen LogP contribution in [0.4, 0.5) is 0 Å². The molecule has 0 aromatic carbocycles. The average molecular weight is 156 g/mol. The Morgan fingerprint density at radius 3 is 3.09 bits per heavy atom. The highest BCUT2D eigenvalue weighted by Crippen LogP contribution is 1.94. The van der Waals surface area contributed by atoms with Gasteiger partial charge >= 0.3 is 5.97 Å². The zero-order valence-corrected chi connectivity index (χ0v) is 6.02. The SMILES string of the molecule is CCOC(=O)c1cnnn1N. The summed E-state index contributed by atoms with van der Waals surface area (Å²) in [5.41, 5.74) is 0.145. The van der Waals surface area contributed by atoms with Crippen LogP contribution < -0.4 is 5.84 Å². The van der Waals surface area contributed by atoms with Gasteiger partial charge in [-0.25, -0.2) is 4.79 Å². The third-order valence-electron chi connectivity index (χ3n) is 1.06. The van der Waals surface area contributed by atoms with Gasteiger partial charge in [-0.2, -0.15) is 4.79 Å². The number of esters is 1. The van der Waals surface area contributed by atoms with Gasteiger partial charge in [-0.1, -0.05) is 0 Å². The van der Waals surface area contributed by atoms with Gasteiger partial charge in [-0.05, 0) is 12.1 Å². The number of hydrogen-bond donors (Lipinski definition) is 1. The number of nitrogens with zero attached hydrogens (tertiary/aromatic N) is 3. The van der Waals surface area contributed by atoms with E-state index in [2.05, 4.69) is 15.0 Å². The minimum absolute atomic E-state index is 0.145. The van der Waals surface area contributed by atoms with Crippen LogP contribution in [0.2, 0.25) is 0 Å². The van der Waals surface area contributed by atoms with Gasteiger partial charge in [0.2, 0.25) is 0 Å². The maximum absolute atomic E-state index is 10.9. The van der Waals surface area contributed by atoms with Crippen LogP contribution in [0.15, 0.2) is 6.20 Å². The van der Waals surface area contributed by atoms with E-state index in [0.717, 1.165) is 4.79 Å². The molecule has 0 atom stereocenters. The summed E-state index contributed by atoms with van der Waals surface area (Å²) in [6, 6.07) is 0. The van der Waals surface area contributed by atoms with Crippen molar-refractivity contribution >= 4 is 5.97 Å². The lowest BCUT2D eigenvalue weighted by atomic mass is 10.5. The van der Waals surface area contributed by atoms with E-state index in [1.165, 1.54) is 6.20 Å². The van der Waals surface area contributed by atoms with Gasteiger partial charge in [0.05, 0.1) is 12.8 Å². The second-order valence-electron chi connectivity index (χ2n) is 1.78. The Bertz CT molecular complexity index is 257. The molecule has 0 saturated carbocycles. The highest BCUT2D eigenvalue weighted by molar-refractivity contribution is 5.86. The second-order valence-corrected chi connectivity index (χ2v) is 1.78. The normalized spacial score (nSPS) is 9.55. The predicted molar refractivity (Wildman–Crippen MR) is 36.1 cm³/mol. The summed E-state index contributed by atoms with van der Waals surface area (Å²) in [4.78, 5) is 11.8. The number of ether oxygens (including phenoxy) is 1. The molecule has 0 aliphatic heterocycles. The van der Waals surface area contributed by atoms with E-state index in [4.69, 9.17) is 5.84 Å². The van der Waals surface area contributed by atoms with E-state index in [1.54, 1.807) is 6.92 Å². The lowest BCUT2D eigenvalue weighted by Crippen LogP contribution is -2.19. The van der Waals surface area contributed by atoms with Gasteiger partial charge in [0.25, 0.3) is 0 Å². The molecule has 6 nitrogen and oxygen atoms in total. The van der Waals surface area contributed by atoms with Gasteiger partial charge in [0.1, 0.15) is 0 Å². The Balaban J connectivity index is 2.76. The smallest absolute Gasteiger partial charge is 0.360 e. The fourth-order valence-corrected chi connectivity index (χ4v) is 0.595. The Kier molecular flexibility index (Phi) is 2.05. The number of nitrogens with two attached hydrogens (primary N) is 1. The molecule has 0 spiro atoms. The van der Waals surface area contributed by atoms with Crippen molar-refractivity contribution in [1.82, 2.24) is 15.1 Å². The van der Waals surface area contributed by atoms with Crippen molar-refractivity contribution in [3.05, 3.63) is 11.9 Å². The molecular weight excluding hydrogens is 148 g/mol. The lowest BCUT2D eigenvalue weighted by Gasteiger charge is -1.98. The first-order valence-electron chi connectivity index (χ1n) is 3.08. The molecule has 0 amide bonds. The summed E-state index contributed by atoms with van der Waals surface area (Å²) in [6.45, 7) is 2.02. The topological polar surface area (TPSA) is 83.0 Å². The number of rotatable bonds is 2. The molecule has 2 N–H and O–H groups in total. The molecule has 1 rings (SSSR count). The number of aromatic nitrogens is 3. The molecule has 1 aromatic heterocycles. The molecule has 1 aromatic rings. The first-order valence-corrected chi connectivity index (χ1v) is 3.08.